The van der Waals surface area contributed by atoms with E-state index in [4.69, 9.17) is 11.6 Å². The van der Waals surface area contributed by atoms with Crippen LogP contribution in [0.25, 0.3) is 16.7 Å². The number of imidazole rings is 1. The summed E-state index contributed by atoms with van der Waals surface area (Å²) in [6, 6.07) is 10.9. The zero-order chi connectivity index (χ0) is 14.3. The summed E-state index contributed by atoms with van der Waals surface area (Å²) in [7, 11) is 0. The fraction of sp³-hybridized carbons (Fsp3) is 0.133. The van der Waals surface area contributed by atoms with Gasteiger partial charge in [-0.05, 0) is 42.8 Å². The van der Waals surface area contributed by atoms with Crippen LogP contribution in [0.15, 0.2) is 40.9 Å². The molecule has 102 valence electrons. The van der Waals surface area contributed by atoms with Crippen LogP contribution in [0.2, 0.25) is 0 Å². The standard InChI is InChI=1S/C15H11BrClFN2/c1-9-7-10(5-6-11(9)16)20-13-4-2-3-12(18)15(13)19-14(20)8-17/h2-7H,8H2,1H3. The van der Waals surface area contributed by atoms with E-state index in [1.807, 2.05) is 35.8 Å². The van der Waals surface area contributed by atoms with Crippen molar-refractivity contribution in [2.75, 3.05) is 0 Å². The lowest BCUT2D eigenvalue weighted by atomic mass is 10.2. The van der Waals surface area contributed by atoms with Crippen molar-refractivity contribution in [2.45, 2.75) is 12.8 Å². The maximum absolute atomic E-state index is 13.8. The van der Waals surface area contributed by atoms with Crippen LogP contribution in [0.5, 0.6) is 0 Å². The molecular weight excluding hydrogens is 343 g/mol. The van der Waals surface area contributed by atoms with Gasteiger partial charge in [0.2, 0.25) is 0 Å². The molecule has 2 aromatic carbocycles. The first-order valence-electron chi connectivity index (χ1n) is 6.10. The Kier molecular flexibility index (Phi) is 3.52. The molecule has 0 aliphatic heterocycles. The normalized spacial score (nSPS) is 11.2. The van der Waals surface area contributed by atoms with Gasteiger partial charge in [-0.15, -0.1) is 11.6 Å². The zero-order valence-corrected chi connectivity index (χ0v) is 13.0. The van der Waals surface area contributed by atoms with Gasteiger partial charge >= 0.3 is 0 Å². The first-order valence-corrected chi connectivity index (χ1v) is 7.43. The second-order valence-corrected chi connectivity index (χ2v) is 5.66. The van der Waals surface area contributed by atoms with Crippen LogP contribution >= 0.6 is 27.5 Å². The van der Waals surface area contributed by atoms with Crippen molar-refractivity contribution >= 4 is 38.6 Å². The first kappa shape index (κ1) is 13.6. The molecule has 0 amide bonds. The van der Waals surface area contributed by atoms with Crippen LogP contribution in [0.1, 0.15) is 11.4 Å². The highest BCUT2D eigenvalue weighted by molar-refractivity contribution is 9.10. The summed E-state index contributed by atoms with van der Waals surface area (Å²) in [6.45, 7) is 2.01. The van der Waals surface area contributed by atoms with Crippen molar-refractivity contribution in [1.29, 1.82) is 0 Å². The molecular formula is C15H11BrClFN2. The molecule has 2 nitrogen and oxygen atoms in total. The van der Waals surface area contributed by atoms with Crippen LogP contribution in [-0.2, 0) is 5.88 Å². The minimum absolute atomic E-state index is 0.225. The molecule has 3 aromatic rings. The quantitative estimate of drug-likeness (QED) is 0.594. The highest BCUT2D eigenvalue weighted by Crippen LogP contribution is 2.27. The van der Waals surface area contributed by atoms with Crippen molar-refractivity contribution in [3.8, 4) is 5.69 Å². The van der Waals surface area contributed by atoms with E-state index in [9.17, 15) is 4.39 Å². The molecule has 1 aromatic heterocycles. The largest absolute Gasteiger partial charge is 0.295 e. The molecule has 0 saturated heterocycles. The third kappa shape index (κ3) is 2.13. The molecule has 3 rings (SSSR count). The molecule has 0 aliphatic rings. The topological polar surface area (TPSA) is 17.8 Å². The number of hydrogen-bond acceptors (Lipinski definition) is 1. The van der Waals surface area contributed by atoms with Gasteiger partial charge < -0.3 is 0 Å². The van der Waals surface area contributed by atoms with Crippen molar-refractivity contribution in [2.24, 2.45) is 0 Å². The van der Waals surface area contributed by atoms with Crippen molar-refractivity contribution in [3.63, 3.8) is 0 Å². The second kappa shape index (κ2) is 5.19. The van der Waals surface area contributed by atoms with Crippen LogP contribution in [0.3, 0.4) is 0 Å². The minimum Gasteiger partial charge on any atom is -0.295 e. The van der Waals surface area contributed by atoms with E-state index in [2.05, 4.69) is 20.9 Å². The molecule has 0 saturated carbocycles. The van der Waals surface area contributed by atoms with Gasteiger partial charge in [-0.1, -0.05) is 22.0 Å². The summed E-state index contributed by atoms with van der Waals surface area (Å²) in [5, 5.41) is 0. The average molecular weight is 354 g/mol. The van der Waals surface area contributed by atoms with Crippen LogP contribution in [-0.4, -0.2) is 9.55 Å². The van der Waals surface area contributed by atoms with Crippen molar-refractivity contribution in [3.05, 3.63) is 58.1 Å². The summed E-state index contributed by atoms with van der Waals surface area (Å²) in [5.41, 5.74) is 3.10. The Labute approximate surface area is 129 Å². The maximum Gasteiger partial charge on any atom is 0.151 e. The summed E-state index contributed by atoms with van der Waals surface area (Å²) < 4.78 is 16.8. The fourth-order valence-electron chi connectivity index (χ4n) is 2.26. The molecule has 0 bridgehead atoms. The van der Waals surface area contributed by atoms with E-state index < -0.39 is 0 Å². The number of fused-ring (bicyclic) bond motifs is 1. The summed E-state index contributed by atoms with van der Waals surface area (Å²) >= 11 is 9.44. The Morgan fingerprint density at radius 1 is 1.30 bits per heavy atom. The summed E-state index contributed by atoms with van der Waals surface area (Å²) in [4.78, 5) is 4.30. The van der Waals surface area contributed by atoms with Crippen molar-refractivity contribution in [1.82, 2.24) is 9.55 Å². The maximum atomic E-state index is 13.8. The molecule has 1 heterocycles. The van der Waals surface area contributed by atoms with Gasteiger partial charge in [0.25, 0.3) is 0 Å². The average Bonchev–Trinajstić information content (AvgIpc) is 2.82. The molecule has 0 fully saturated rings. The minimum atomic E-state index is -0.332. The third-order valence-electron chi connectivity index (χ3n) is 3.22. The number of halogens is 3. The van der Waals surface area contributed by atoms with Crippen LogP contribution < -0.4 is 0 Å². The smallest absolute Gasteiger partial charge is 0.151 e. The Hall–Kier alpha value is -1.39. The molecule has 0 spiro atoms. The number of hydrogen-bond donors (Lipinski definition) is 0. The number of para-hydroxylation sites is 1. The van der Waals surface area contributed by atoms with Crippen LogP contribution in [0, 0.1) is 12.7 Å². The lowest BCUT2D eigenvalue weighted by Gasteiger charge is -2.09. The number of aromatic nitrogens is 2. The monoisotopic (exact) mass is 352 g/mol. The molecule has 5 heteroatoms. The molecule has 0 aliphatic carbocycles. The number of nitrogens with zero attached hydrogens (tertiary/aromatic N) is 2. The van der Waals surface area contributed by atoms with Gasteiger partial charge in [-0.25, -0.2) is 9.37 Å². The number of alkyl halides is 1. The van der Waals surface area contributed by atoms with Gasteiger partial charge in [0, 0.05) is 10.2 Å². The Bertz CT molecular complexity index is 798. The van der Waals surface area contributed by atoms with Gasteiger partial charge in [0.05, 0.1) is 11.4 Å². The molecule has 20 heavy (non-hydrogen) atoms. The SMILES string of the molecule is Cc1cc(-n2c(CCl)nc3c(F)cccc32)ccc1Br. The Balaban J connectivity index is 2.34. The van der Waals surface area contributed by atoms with Gasteiger partial charge in [-0.3, -0.25) is 4.57 Å². The predicted octanol–water partition coefficient (Wildman–Crippen LogP) is 4.97. The summed E-state index contributed by atoms with van der Waals surface area (Å²) in [5.74, 6) is 0.526. The van der Waals surface area contributed by atoms with Gasteiger partial charge in [0.1, 0.15) is 11.3 Å². The fourth-order valence-corrected chi connectivity index (χ4v) is 2.68. The van der Waals surface area contributed by atoms with Crippen molar-refractivity contribution < 1.29 is 4.39 Å². The first-order chi connectivity index (χ1) is 9.61. The predicted molar refractivity (Wildman–Crippen MR) is 83.0 cm³/mol. The molecule has 0 atom stereocenters. The van der Waals surface area contributed by atoms with E-state index in [1.54, 1.807) is 6.07 Å². The van der Waals surface area contributed by atoms with Crippen LogP contribution in [0.4, 0.5) is 4.39 Å². The van der Waals surface area contributed by atoms with E-state index in [0.717, 1.165) is 21.2 Å². The lowest BCUT2D eigenvalue weighted by Crippen LogP contribution is -1.99. The number of aryl methyl sites for hydroxylation is 1. The lowest BCUT2D eigenvalue weighted by molar-refractivity contribution is 0.637. The van der Waals surface area contributed by atoms with E-state index in [1.165, 1.54) is 6.07 Å². The number of benzene rings is 2. The Morgan fingerprint density at radius 3 is 2.80 bits per heavy atom. The second-order valence-electron chi connectivity index (χ2n) is 4.54. The summed E-state index contributed by atoms with van der Waals surface area (Å²) in [6.07, 6.45) is 0. The molecule has 0 N–H and O–H groups in total. The third-order valence-corrected chi connectivity index (χ3v) is 4.35. The zero-order valence-electron chi connectivity index (χ0n) is 10.7. The highest BCUT2D eigenvalue weighted by atomic mass is 79.9. The Morgan fingerprint density at radius 2 is 2.10 bits per heavy atom. The number of rotatable bonds is 2. The van der Waals surface area contributed by atoms with Gasteiger partial charge in [0.15, 0.2) is 5.82 Å². The highest BCUT2D eigenvalue weighted by Gasteiger charge is 2.14. The van der Waals surface area contributed by atoms with E-state index in [0.29, 0.717) is 11.3 Å². The van der Waals surface area contributed by atoms with E-state index in [-0.39, 0.29) is 11.7 Å². The van der Waals surface area contributed by atoms with Gasteiger partial charge in [-0.2, -0.15) is 0 Å². The molecule has 0 radical (unpaired) electrons. The molecule has 0 unspecified atom stereocenters. The van der Waals surface area contributed by atoms with E-state index >= 15 is 0 Å².